The molecular formula is C10H8IN3OS. The van der Waals surface area contributed by atoms with Gasteiger partial charge in [-0.3, -0.25) is 0 Å². The Morgan fingerprint density at radius 3 is 2.88 bits per heavy atom. The molecule has 2 rings (SSSR count). The van der Waals surface area contributed by atoms with E-state index in [1.165, 1.54) is 8.93 Å². The summed E-state index contributed by atoms with van der Waals surface area (Å²) in [5.74, 6) is 0.504. The van der Waals surface area contributed by atoms with E-state index in [-0.39, 0.29) is 0 Å². The van der Waals surface area contributed by atoms with E-state index in [4.69, 9.17) is 10.00 Å². The zero-order chi connectivity index (χ0) is 11.7. The molecule has 6 heteroatoms. The fourth-order valence-corrected chi connectivity index (χ4v) is 3.59. The van der Waals surface area contributed by atoms with Crippen LogP contribution < -0.4 is 4.74 Å². The molecule has 0 aromatic carbocycles. The van der Waals surface area contributed by atoms with Gasteiger partial charge in [0.25, 0.3) is 0 Å². The zero-order valence-electron chi connectivity index (χ0n) is 8.69. The number of hydrogen-bond acceptors (Lipinski definition) is 4. The molecule has 0 atom stereocenters. The molecule has 4 nitrogen and oxygen atoms in total. The molecule has 0 aliphatic carbocycles. The van der Waals surface area contributed by atoms with E-state index in [1.807, 2.05) is 13.0 Å². The second-order valence-electron chi connectivity index (χ2n) is 3.16. The second-order valence-corrected chi connectivity index (χ2v) is 5.05. The summed E-state index contributed by atoms with van der Waals surface area (Å²) < 4.78 is 6.69. The molecule has 0 N–H and O–H groups in total. The van der Waals surface area contributed by atoms with Gasteiger partial charge in [-0.05, 0) is 27.5 Å². The van der Waals surface area contributed by atoms with E-state index in [0.29, 0.717) is 11.6 Å². The minimum Gasteiger partial charge on any atom is -0.480 e. The van der Waals surface area contributed by atoms with Crippen LogP contribution in [0.4, 0.5) is 0 Å². The SMILES string of the molecule is COc1ccc2c(C)c(SI)c(C#N)n2n1. The van der Waals surface area contributed by atoms with Gasteiger partial charge in [0.15, 0.2) is 5.69 Å². The van der Waals surface area contributed by atoms with Crippen LogP contribution in [0, 0.1) is 18.3 Å². The molecule has 0 saturated heterocycles. The standard InChI is InChI=1S/C10H8IN3OS/c1-6-7-3-4-9(15-2)13-14(7)8(5-12)10(6)16-11/h3-4H,1-2H3. The van der Waals surface area contributed by atoms with Crippen molar-refractivity contribution in [2.45, 2.75) is 11.8 Å². The fraction of sp³-hybridized carbons (Fsp3) is 0.200. The second kappa shape index (κ2) is 4.51. The zero-order valence-corrected chi connectivity index (χ0v) is 11.7. The Morgan fingerprint density at radius 1 is 1.56 bits per heavy atom. The quantitative estimate of drug-likeness (QED) is 0.786. The average molecular weight is 345 g/mol. The van der Waals surface area contributed by atoms with Gasteiger partial charge >= 0.3 is 0 Å². The van der Waals surface area contributed by atoms with Gasteiger partial charge in [0.1, 0.15) is 6.07 Å². The Labute approximate surface area is 109 Å². The third kappa shape index (κ3) is 1.64. The van der Waals surface area contributed by atoms with Gasteiger partial charge in [-0.25, -0.2) is 4.52 Å². The van der Waals surface area contributed by atoms with Gasteiger partial charge < -0.3 is 4.74 Å². The highest BCUT2D eigenvalue weighted by molar-refractivity contribution is 14.2. The van der Waals surface area contributed by atoms with Gasteiger partial charge in [0, 0.05) is 27.3 Å². The summed E-state index contributed by atoms with van der Waals surface area (Å²) in [4.78, 5) is 0.962. The van der Waals surface area contributed by atoms with E-state index < -0.39 is 0 Å². The number of hydrogen-bond donors (Lipinski definition) is 0. The van der Waals surface area contributed by atoms with Crippen molar-refractivity contribution in [1.29, 1.82) is 5.26 Å². The Balaban J connectivity index is 2.85. The highest BCUT2D eigenvalue weighted by atomic mass is 127. The summed E-state index contributed by atoms with van der Waals surface area (Å²) in [7, 11) is 3.09. The molecule has 2 aromatic heterocycles. The van der Waals surface area contributed by atoms with Gasteiger partial charge in [-0.2, -0.15) is 5.26 Å². The first-order valence-corrected chi connectivity index (χ1v) is 7.84. The van der Waals surface area contributed by atoms with Crippen molar-refractivity contribution in [2.24, 2.45) is 0 Å². The average Bonchev–Trinajstić information content (AvgIpc) is 2.60. The van der Waals surface area contributed by atoms with Crippen molar-refractivity contribution in [2.75, 3.05) is 7.11 Å². The molecule has 0 amide bonds. The summed E-state index contributed by atoms with van der Waals surface area (Å²) in [6.45, 7) is 1.99. The van der Waals surface area contributed by atoms with Crippen molar-refractivity contribution < 1.29 is 4.74 Å². The molecule has 16 heavy (non-hydrogen) atoms. The van der Waals surface area contributed by atoms with Crippen molar-refractivity contribution in [3.8, 4) is 11.9 Å². The smallest absolute Gasteiger partial charge is 0.231 e. The number of nitriles is 1. The van der Waals surface area contributed by atoms with Gasteiger partial charge in [0.2, 0.25) is 5.88 Å². The lowest BCUT2D eigenvalue weighted by Crippen LogP contribution is -1.97. The molecule has 0 aliphatic rings. The maximum Gasteiger partial charge on any atom is 0.231 e. The van der Waals surface area contributed by atoms with E-state index in [2.05, 4.69) is 32.4 Å². The van der Waals surface area contributed by atoms with Gasteiger partial charge in [-0.15, -0.1) is 5.10 Å². The Bertz CT molecular complexity index is 588. The third-order valence-corrected chi connectivity index (χ3v) is 4.33. The van der Waals surface area contributed by atoms with Crippen LogP contribution in [0.3, 0.4) is 0 Å². The molecule has 0 fully saturated rings. The number of rotatable bonds is 2. The Hall–Kier alpha value is -0.940. The summed E-state index contributed by atoms with van der Waals surface area (Å²) in [6, 6.07) is 5.89. The fourth-order valence-electron chi connectivity index (χ4n) is 1.55. The van der Waals surface area contributed by atoms with Crippen LogP contribution in [0.15, 0.2) is 17.0 Å². The van der Waals surface area contributed by atoms with Crippen LogP contribution in [-0.4, -0.2) is 16.7 Å². The predicted octanol–water partition coefficient (Wildman–Crippen LogP) is 2.97. The van der Waals surface area contributed by atoms with Crippen LogP contribution in [-0.2, 0) is 0 Å². The summed E-state index contributed by atoms with van der Waals surface area (Å²) in [5, 5.41) is 13.4. The van der Waals surface area contributed by atoms with E-state index in [1.54, 1.807) is 17.7 Å². The van der Waals surface area contributed by atoms with E-state index in [0.717, 1.165) is 16.0 Å². The van der Waals surface area contributed by atoms with Crippen LogP contribution in [0.25, 0.3) is 5.52 Å². The number of halogens is 1. The lowest BCUT2D eigenvalue weighted by molar-refractivity contribution is 0.390. The number of fused-ring (bicyclic) bond motifs is 1. The monoisotopic (exact) mass is 345 g/mol. The molecule has 0 aliphatic heterocycles. The molecule has 2 heterocycles. The molecule has 82 valence electrons. The molecule has 0 spiro atoms. The predicted molar refractivity (Wildman–Crippen MR) is 71.1 cm³/mol. The molecule has 0 radical (unpaired) electrons. The number of ether oxygens (including phenoxy) is 1. The number of nitrogens with zero attached hydrogens (tertiary/aromatic N) is 3. The maximum atomic E-state index is 9.16. The lowest BCUT2D eigenvalue weighted by Gasteiger charge is -2.00. The largest absolute Gasteiger partial charge is 0.480 e. The van der Waals surface area contributed by atoms with Crippen molar-refractivity contribution >= 4 is 35.7 Å². The number of aromatic nitrogens is 2. The first kappa shape index (κ1) is 11.5. The van der Waals surface area contributed by atoms with E-state index in [9.17, 15) is 0 Å². The van der Waals surface area contributed by atoms with Crippen molar-refractivity contribution in [3.63, 3.8) is 0 Å². The van der Waals surface area contributed by atoms with Crippen LogP contribution in [0.2, 0.25) is 0 Å². The van der Waals surface area contributed by atoms with Crippen molar-refractivity contribution in [1.82, 2.24) is 9.61 Å². The van der Waals surface area contributed by atoms with Gasteiger partial charge in [-0.1, -0.05) is 0 Å². The topological polar surface area (TPSA) is 50.3 Å². The third-order valence-electron chi connectivity index (χ3n) is 2.35. The van der Waals surface area contributed by atoms with Crippen LogP contribution in [0.1, 0.15) is 11.3 Å². The Morgan fingerprint density at radius 2 is 2.31 bits per heavy atom. The van der Waals surface area contributed by atoms with Crippen molar-refractivity contribution in [3.05, 3.63) is 23.4 Å². The lowest BCUT2D eigenvalue weighted by atomic mass is 10.3. The highest BCUT2D eigenvalue weighted by Crippen LogP contribution is 2.35. The molecule has 0 bridgehead atoms. The first-order valence-electron chi connectivity index (χ1n) is 4.48. The Kier molecular flexibility index (Phi) is 3.25. The first-order chi connectivity index (χ1) is 7.72. The molecular weight excluding hydrogens is 337 g/mol. The van der Waals surface area contributed by atoms with E-state index >= 15 is 0 Å². The minimum atomic E-state index is 0.504. The molecule has 0 unspecified atom stereocenters. The highest BCUT2D eigenvalue weighted by Gasteiger charge is 2.16. The summed E-state index contributed by atoms with van der Waals surface area (Å²) in [5.41, 5.74) is 2.58. The molecule has 2 aromatic rings. The maximum absolute atomic E-state index is 9.16. The van der Waals surface area contributed by atoms with Crippen LogP contribution >= 0.6 is 30.1 Å². The summed E-state index contributed by atoms with van der Waals surface area (Å²) >= 11 is 2.17. The van der Waals surface area contributed by atoms with Gasteiger partial charge in [0.05, 0.1) is 17.5 Å². The summed E-state index contributed by atoms with van der Waals surface area (Å²) in [6.07, 6.45) is 0. The minimum absolute atomic E-state index is 0.504. The molecule has 0 saturated carbocycles. The van der Waals surface area contributed by atoms with Crippen LogP contribution in [0.5, 0.6) is 5.88 Å². The number of aryl methyl sites for hydroxylation is 1. The number of methoxy groups -OCH3 is 1. The normalized spacial score (nSPS) is 10.4.